The van der Waals surface area contributed by atoms with E-state index in [1.807, 2.05) is 30.1 Å². The summed E-state index contributed by atoms with van der Waals surface area (Å²) in [5, 5.41) is 13.8. The fourth-order valence-corrected chi connectivity index (χ4v) is 2.53. The van der Waals surface area contributed by atoms with Gasteiger partial charge < -0.3 is 20.1 Å². The van der Waals surface area contributed by atoms with E-state index in [2.05, 4.69) is 19.2 Å². The van der Waals surface area contributed by atoms with Crippen LogP contribution in [0.2, 0.25) is 5.02 Å². The van der Waals surface area contributed by atoms with E-state index in [0.717, 1.165) is 22.8 Å². The second-order valence-electron chi connectivity index (χ2n) is 4.97. The fourth-order valence-electron chi connectivity index (χ4n) is 2.19. The first-order valence-corrected chi connectivity index (χ1v) is 7.28. The quantitative estimate of drug-likeness (QED) is 0.774. The van der Waals surface area contributed by atoms with Gasteiger partial charge in [-0.15, -0.1) is 0 Å². The van der Waals surface area contributed by atoms with Crippen molar-refractivity contribution in [3.63, 3.8) is 0 Å². The third-order valence-corrected chi connectivity index (χ3v) is 3.57. The van der Waals surface area contributed by atoms with E-state index in [0.29, 0.717) is 13.2 Å². The lowest BCUT2D eigenvalue weighted by Crippen LogP contribution is -2.31. The highest BCUT2D eigenvalue weighted by atomic mass is 35.5. The first-order valence-electron chi connectivity index (χ1n) is 6.90. The summed E-state index contributed by atoms with van der Waals surface area (Å²) in [6.45, 7) is 5.91. The zero-order valence-corrected chi connectivity index (χ0v) is 13.4. The second kappa shape index (κ2) is 8.47. The molecular formula is C15H25ClN2O2. The Kier molecular flexibility index (Phi) is 7.30. The van der Waals surface area contributed by atoms with Crippen molar-refractivity contribution in [3.8, 4) is 0 Å². The largest absolute Gasteiger partial charge is 0.389 e. The number of halogens is 1. The number of nitrogens with one attached hydrogen (secondary N) is 1. The van der Waals surface area contributed by atoms with Crippen molar-refractivity contribution in [1.82, 2.24) is 5.32 Å². The van der Waals surface area contributed by atoms with Crippen LogP contribution >= 0.6 is 11.6 Å². The highest BCUT2D eigenvalue weighted by Crippen LogP contribution is 2.27. The molecule has 114 valence electrons. The summed E-state index contributed by atoms with van der Waals surface area (Å²) in [5.74, 6) is 0. The Morgan fingerprint density at radius 2 is 2.15 bits per heavy atom. The summed E-state index contributed by atoms with van der Waals surface area (Å²) in [7, 11) is 3.51. The number of benzene rings is 1. The lowest BCUT2D eigenvalue weighted by Gasteiger charge is -2.24. The van der Waals surface area contributed by atoms with E-state index in [-0.39, 0.29) is 6.04 Å². The SMILES string of the molecule is CCNC(C)c1ccc(N(C)CC(O)COC)cc1Cl. The minimum Gasteiger partial charge on any atom is -0.389 e. The zero-order valence-electron chi connectivity index (χ0n) is 12.7. The molecule has 0 fully saturated rings. The Morgan fingerprint density at radius 1 is 1.45 bits per heavy atom. The molecule has 0 aliphatic carbocycles. The van der Waals surface area contributed by atoms with Gasteiger partial charge in [-0.1, -0.05) is 24.6 Å². The number of aliphatic hydroxyl groups is 1. The van der Waals surface area contributed by atoms with E-state index in [9.17, 15) is 5.11 Å². The first-order chi connectivity index (χ1) is 9.49. The fraction of sp³-hybridized carbons (Fsp3) is 0.600. The predicted octanol–water partition coefficient (Wildman–Crippen LogP) is 2.45. The molecule has 2 unspecified atom stereocenters. The molecule has 0 spiro atoms. The molecule has 0 heterocycles. The standard InChI is InChI=1S/C15H25ClN2O2/c1-5-17-11(2)14-7-6-12(8-15(14)16)18(3)9-13(19)10-20-4/h6-8,11,13,17,19H,5,9-10H2,1-4H3. The van der Waals surface area contributed by atoms with Gasteiger partial charge in [0.1, 0.15) is 0 Å². The number of anilines is 1. The van der Waals surface area contributed by atoms with Crippen LogP contribution in [0.3, 0.4) is 0 Å². The number of nitrogens with zero attached hydrogens (tertiary/aromatic N) is 1. The van der Waals surface area contributed by atoms with Crippen LogP contribution in [0.5, 0.6) is 0 Å². The van der Waals surface area contributed by atoms with Gasteiger partial charge in [0.25, 0.3) is 0 Å². The Bertz CT molecular complexity index is 415. The van der Waals surface area contributed by atoms with E-state index >= 15 is 0 Å². The van der Waals surface area contributed by atoms with Crippen molar-refractivity contribution in [2.24, 2.45) is 0 Å². The molecule has 2 N–H and O–H groups in total. The summed E-state index contributed by atoms with van der Waals surface area (Å²) < 4.78 is 4.93. The molecule has 1 rings (SSSR count). The molecule has 1 aromatic rings. The van der Waals surface area contributed by atoms with Crippen molar-refractivity contribution in [3.05, 3.63) is 28.8 Å². The third-order valence-electron chi connectivity index (χ3n) is 3.25. The summed E-state index contributed by atoms with van der Waals surface area (Å²) in [6, 6.07) is 6.22. The van der Waals surface area contributed by atoms with Crippen molar-refractivity contribution >= 4 is 17.3 Å². The molecule has 4 nitrogen and oxygen atoms in total. The predicted molar refractivity (Wildman–Crippen MR) is 84.7 cm³/mol. The Hall–Kier alpha value is -0.810. The van der Waals surface area contributed by atoms with Crippen molar-refractivity contribution in [1.29, 1.82) is 0 Å². The monoisotopic (exact) mass is 300 g/mol. The van der Waals surface area contributed by atoms with Gasteiger partial charge in [-0.2, -0.15) is 0 Å². The third kappa shape index (κ3) is 4.94. The lowest BCUT2D eigenvalue weighted by molar-refractivity contribution is 0.0695. The van der Waals surface area contributed by atoms with Crippen LogP contribution < -0.4 is 10.2 Å². The zero-order chi connectivity index (χ0) is 15.1. The summed E-state index contributed by atoms with van der Waals surface area (Å²) in [6.07, 6.45) is -0.510. The van der Waals surface area contributed by atoms with Gasteiger partial charge in [-0.25, -0.2) is 0 Å². The van der Waals surface area contributed by atoms with Crippen LogP contribution in [0.4, 0.5) is 5.69 Å². The average Bonchev–Trinajstić information content (AvgIpc) is 2.38. The van der Waals surface area contributed by atoms with Crippen LogP contribution in [0.15, 0.2) is 18.2 Å². The first kappa shape index (κ1) is 17.2. The molecule has 0 aliphatic rings. The number of hydrogen-bond acceptors (Lipinski definition) is 4. The second-order valence-corrected chi connectivity index (χ2v) is 5.38. The van der Waals surface area contributed by atoms with Crippen LogP contribution in [-0.4, -0.2) is 45.1 Å². The van der Waals surface area contributed by atoms with Gasteiger partial charge in [-0.3, -0.25) is 0 Å². The number of ether oxygens (including phenoxy) is 1. The summed E-state index contributed by atoms with van der Waals surface area (Å²) in [5.41, 5.74) is 2.07. The molecule has 20 heavy (non-hydrogen) atoms. The molecule has 5 heteroatoms. The van der Waals surface area contributed by atoms with Crippen molar-refractivity contribution < 1.29 is 9.84 Å². The maximum absolute atomic E-state index is 9.75. The maximum Gasteiger partial charge on any atom is 0.0947 e. The van der Waals surface area contributed by atoms with Crippen LogP contribution in [0.1, 0.15) is 25.5 Å². The Morgan fingerprint density at radius 3 is 2.70 bits per heavy atom. The van der Waals surface area contributed by atoms with Crippen LogP contribution in [0, 0.1) is 0 Å². The number of methoxy groups -OCH3 is 1. The molecular weight excluding hydrogens is 276 g/mol. The highest BCUT2D eigenvalue weighted by molar-refractivity contribution is 6.31. The van der Waals surface area contributed by atoms with Gasteiger partial charge in [0.15, 0.2) is 0 Å². The molecule has 0 saturated heterocycles. The molecule has 0 bridgehead atoms. The summed E-state index contributed by atoms with van der Waals surface area (Å²) in [4.78, 5) is 1.97. The minimum absolute atomic E-state index is 0.228. The van der Waals surface area contributed by atoms with Gasteiger partial charge in [0, 0.05) is 37.5 Å². The minimum atomic E-state index is -0.510. The molecule has 0 aromatic heterocycles. The van der Waals surface area contributed by atoms with Crippen LogP contribution in [-0.2, 0) is 4.74 Å². The Labute approximate surface area is 126 Å². The number of likely N-dealkylation sites (N-methyl/N-ethyl adjacent to an activating group) is 1. The topological polar surface area (TPSA) is 44.7 Å². The van der Waals surface area contributed by atoms with Gasteiger partial charge >= 0.3 is 0 Å². The molecule has 1 aromatic carbocycles. The number of hydrogen-bond donors (Lipinski definition) is 2. The summed E-state index contributed by atoms with van der Waals surface area (Å²) >= 11 is 6.35. The number of rotatable bonds is 8. The van der Waals surface area contributed by atoms with Gasteiger partial charge in [0.05, 0.1) is 12.7 Å². The van der Waals surface area contributed by atoms with Gasteiger partial charge in [-0.05, 0) is 31.2 Å². The van der Waals surface area contributed by atoms with E-state index in [1.54, 1.807) is 7.11 Å². The molecule has 0 amide bonds. The molecule has 2 atom stereocenters. The Balaban J connectivity index is 2.75. The van der Waals surface area contributed by atoms with Gasteiger partial charge in [0.2, 0.25) is 0 Å². The smallest absolute Gasteiger partial charge is 0.0947 e. The molecule has 0 radical (unpaired) electrons. The average molecular weight is 301 g/mol. The lowest BCUT2D eigenvalue weighted by atomic mass is 10.1. The maximum atomic E-state index is 9.75. The highest BCUT2D eigenvalue weighted by Gasteiger charge is 2.12. The number of aliphatic hydroxyl groups excluding tert-OH is 1. The van der Waals surface area contributed by atoms with E-state index in [4.69, 9.17) is 16.3 Å². The van der Waals surface area contributed by atoms with E-state index in [1.165, 1.54) is 0 Å². The van der Waals surface area contributed by atoms with Crippen molar-refractivity contribution in [2.45, 2.75) is 26.0 Å². The van der Waals surface area contributed by atoms with Crippen molar-refractivity contribution in [2.75, 3.05) is 38.8 Å². The normalized spacial score (nSPS) is 14.1. The van der Waals surface area contributed by atoms with Crippen LogP contribution in [0.25, 0.3) is 0 Å². The van der Waals surface area contributed by atoms with E-state index < -0.39 is 6.10 Å². The molecule has 0 aliphatic heterocycles. The molecule has 0 saturated carbocycles.